The first-order chi connectivity index (χ1) is 9.08. The second kappa shape index (κ2) is 6.06. The minimum Gasteiger partial charge on any atom is -0.491 e. The van der Waals surface area contributed by atoms with Gasteiger partial charge in [0.1, 0.15) is 12.4 Å². The van der Waals surface area contributed by atoms with Gasteiger partial charge in [0.05, 0.1) is 12.1 Å². The number of rotatable bonds is 5. The third-order valence-corrected chi connectivity index (χ3v) is 3.23. The normalized spacial score (nSPS) is 18.8. The Morgan fingerprint density at radius 1 is 1.37 bits per heavy atom. The van der Waals surface area contributed by atoms with E-state index < -0.39 is 0 Å². The van der Waals surface area contributed by atoms with Gasteiger partial charge in [-0.2, -0.15) is 0 Å². The van der Waals surface area contributed by atoms with Crippen molar-refractivity contribution in [1.82, 2.24) is 10.6 Å². The standard InChI is InChI=1S/C15H22N2O2/c1-10(2)8-16-15(18)11(3)17-13-9-19-14-7-5-4-6-12(13)14/h4-7,10-11,13,17H,8-9H2,1-3H3,(H,16,18). The van der Waals surface area contributed by atoms with Crippen molar-refractivity contribution >= 4 is 5.91 Å². The lowest BCUT2D eigenvalue weighted by Gasteiger charge is -2.19. The molecule has 0 saturated carbocycles. The van der Waals surface area contributed by atoms with Crippen molar-refractivity contribution in [3.8, 4) is 5.75 Å². The number of carbonyl (C=O) groups excluding carboxylic acids is 1. The highest BCUT2D eigenvalue weighted by atomic mass is 16.5. The molecular weight excluding hydrogens is 240 g/mol. The molecule has 0 fully saturated rings. The smallest absolute Gasteiger partial charge is 0.236 e. The van der Waals surface area contributed by atoms with Crippen molar-refractivity contribution in [2.24, 2.45) is 5.92 Å². The summed E-state index contributed by atoms with van der Waals surface area (Å²) in [6, 6.07) is 7.82. The summed E-state index contributed by atoms with van der Waals surface area (Å²) >= 11 is 0. The number of fused-ring (bicyclic) bond motifs is 1. The maximum atomic E-state index is 11.9. The summed E-state index contributed by atoms with van der Waals surface area (Å²) < 4.78 is 5.60. The predicted octanol–water partition coefficient (Wildman–Crippen LogP) is 1.87. The molecule has 0 saturated heterocycles. The van der Waals surface area contributed by atoms with Gasteiger partial charge < -0.3 is 10.1 Å². The summed E-state index contributed by atoms with van der Waals surface area (Å²) in [6.07, 6.45) is 0. The van der Waals surface area contributed by atoms with Crippen LogP contribution in [0.1, 0.15) is 32.4 Å². The van der Waals surface area contributed by atoms with Crippen molar-refractivity contribution in [3.63, 3.8) is 0 Å². The van der Waals surface area contributed by atoms with Crippen molar-refractivity contribution in [1.29, 1.82) is 0 Å². The quantitative estimate of drug-likeness (QED) is 0.851. The van der Waals surface area contributed by atoms with Gasteiger partial charge in [0.2, 0.25) is 5.91 Å². The SMILES string of the molecule is CC(C)CNC(=O)C(C)NC1COc2ccccc21. The molecule has 2 rings (SSSR count). The Balaban J connectivity index is 1.90. The summed E-state index contributed by atoms with van der Waals surface area (Å²) in [7, 11) is 0. The molecule has 0 spiro atoms. The van der Waals surface area contributed by atoms with Crippen molar-refractivity contribution < 1.29 is 9.53 Å². The van der Waals surface area contributed by atoms with Crippen molar-refractivity contribution in [2.45, 2.75) is 32.9 Å². The van der Waals surface area contributed by atoms with E-state index in [1.54, 1.807) is 0 Å². The summed E-state index contributed by atoms with van der Waals surface area (Å²) in [4.78, 5) is 11.9. The third-order valence-electron chi connectivity index (χ3n) is 3.23. The van der Waals surface area contributed by atoms with Gasteiger partial charge in [0, 0.05) is 12.1 Å². The monoisotopic (exact) mass is 262 g/mol. The van der Waals surface area contributed by atoms with Gasteiger partial charge in [-0.05, 0) is 18.9 Å². The van der Waals surface area contributed by atoms with Crippen LogP contribution in [0.2, 0.25) is 0 Å². The highest BCUT2D eigenvalue weighted by Gasteiger charge is 2.26. The maximum absolute atomic E-state index is 11.9. The fraction of sp³-hybridized carbons (Fsp3) is 0.533. The van der Waals surface area contributed by atoms with Crippen LogP contribution in [0.25, 0.3) is 0 Å². The van der Waals surface area contributed by atoms with Gasteiger partial charge in [-0.25, -0.2) is 0 Å². The van der Waals surface area contributed by atoms with E-state index in [1.807, 2.05) is 31.2 Å². The first-order valence-electron chi connectivity index (χ1n) is 6.83. The van der Waals surface area contributed by atoms with Crippen LogP contribution in [0.4, 0.5) is 0 Å². The molecule has 1 heterocycles. The number of para-hydroxylation sites is 1. The molecule has 1 aliphatic heterocycles. The lowest BCUT2D eigenvalue weighted by Crippen LogP contribution is -2.44. The fourth-order valence-corrected chi connectivity index (χ4v) is 2.14. The van der Waals surface area contributed by atoms with Crippen LogP contribution in [0, 0.1) is 5.92 Å². The van der Waals surface area contributed by atoms with E-state index >= 15 is 0 Å². The molecule has 0 aromatic heterocycles. The van der Waals surface area contributed by atoms with Gasteiger partial charge in [-0.3, -0.25) is 10.1 Å². The molecule has 4 nitrogen and oxygen atoms in total. The lowest BCUT2D eigenvalue weighted by molar-refractivity contribution is -0.123. The third kappa shape index (κ3) is 3.47. The van der Waals surface area contributed by atoms with E-state index in [0.717, 1.165) is 11.3 Å². The van der Waals surface area contributed by atoms with E-state index in [-0.39, 0.29) is 18.0 Å². The lowest BCUT2D eigenvalue weighted by atomic mass is 10.1. The molecule has 0 bridgehead atoms. The van der Waals surface area contributed by atoms with Crippen LogP contribution in [0.5, 0.6) is 5.75 Å². The molecular formula is C15H22N2O2. The van der Waals surface area contributed by atoms with Crippen LogP contribution in [-0.2, 0) is 4.79 Å². The summed E-state index contributed by atoms with van der Waals surface area (Å²) in [5.74, 6) is 1.42. The van der Waals surface area contributed by atoms with Crippen LogP contribution in [0.15, 0.2) is 24.3 Å². The van der Waals surface area contributed by atoms with Gasteiger partial charge >= 0.3 is 0 Å². The molecule has 1 aromatic rings. The summed E-state index contributed by atoms with van der Waals surface area (Å²) in [5.41, 5.74) is 1.13. The van der Waals surface area contributed by atoms with Crippen molar-refractivity contribution in [3.05, 3.63) is 29.8 Å². The average Bonchev–Trinajstić information content (AvgIpc) is 2.79. The molecule has 19 heavy (non-hydrogen) atoms. The number of nitrogens with one attached hydrogen (secondary N) is 2. The first kappa shape index (κ1) is 13.9. The molecule has 1 aliphatic rings. The van der Waals surface area contributed by atoms with Crippen LogP contribution in [0.3, 0.4) is 0 Å². The molecule has 4 heteroatoms. The Labute approximate surface area is 114 Å². The molecule has 1 amide bonds. The Morgan fingerprint density at radius 2 is 2.11 bits per heavy atom. The number of carbonyl (C=O) groups is 1. The van der Waals surface area contributed by atoms with Gasteiger partial charge in [0.15, 0.2) is 0 Å². The molecule has 1 aromatic carbocycles. The topological polar surface area (TPSA) is 50.4 Å². The van der Waals surface area contributed by atoms with E-state index in [4.69, 9.17) is 4.74 Å². The van der Waals surface area contributed by atoms with Gasteiger partial charge in [-0.15, -0.1) is 0 Å². The number of amides is 1. The zero-order valence-corrected chi connectivity index (χ0v) is 11.8. The zero-order chi connectivity index (χ0) is 13.8. The number of ether oxygens (including phenoxy) is 1. The maximum Gasteiger partial charge on any atom is 0.236 e. The molecule has 2 N–H and O–H groups in total. The molecule has 2 unspecified atom stereocenters. The Morgan fingerprint density at radius 3 is 2.84 bits per heavy atom. The van der Waals surface area contributed by atoms with E-state index in [2.05, 4.69) is 24.5 Å². The van der Waals surface area contributed by atoms with Crippen LogP contribution in [-0.4, -0.2) is 25.1 Å². The highest BCUT2D eigenvalue weighted by molar-refractivity contribution is 5.81. The van der Waals surface area contributed by atoms with E-state index in [0.29, 0.717) is 19.1 Å². The zero-order valence-electron chi connectivity index (χ0n) is 11.8. The van der Waals surface area contributed by atoms with Crippen LogP contribution < -0.4 is 15.4 Å². The first-order valence-corrected chi connectivity index (χ1v) is 6.83. The van der Waals surface area contributed by atoms with Crippen molar-refractivity contribution in [2.75, 3.05) is 13.2 Å². The largest absolute Gasteiger partial charge is 0.491 e. The van der Waals surface area contributed by atoms with E-state index in [9.17, 15) is 4.79 Å². The average molecular weight is 262 g/mol. The second-order valence-corrected chi connectivity index (χ2v) is 5.43. The van der Waals surface area contributed by atoms with Gasteiger partial charge in [-0.1, -0.05) is 32.0 Å². The number of benzene rings is 1. The van der Waals surface area contributed by atoms with Crippen LogP contribution >= 0.6 is 0 Å². The number of hydrogen-bond donors (Lipinski definition) is 2. The van der Waals surface area contributed by atoms with E-state index in [1.165, 1.54) is 0 Å². The molecule has 2 atom stereocenters. The number of hydrogen-bond acceptors (Lipinski definition) is 3. The summed E-state index contributed by atoms with van der Waals surface area (Å²) in [5, 5.41) is 6.26. The molecule has 0 radical (unpaired) electrons. The minimum absolute atomic E-state index is 0.0399. The Kier molecular flexibility index (Phi) is 4.43. The summed E-state index contributed by atoms with van der Waals surface area (Å²) in [6.45, 7) is 7.35. The highest BCUT2D eigenvalue weighted by Crippen LogP contribution is 2.31. The predicted molar refractivity (Wildman–Crippen MR) is 75.1 cm³/mol. The Hall–Kier alpha value is -1.55. The molecule has 0 aliphatic carbocycles. The molecule has 104 valence electrons. The van der Waals surface area contributed by atoms with Gasteiger partial charge in [0.25, 0.3) is 0 Å². The Bertz CT molecular complexity index is 446. The fourth-order valence-electron chi connectivity index (χ4n) is 2.14. The minimum atomic E-state index is -0.224. The second-order valence-electron chi connectivity index (χ2n) is 5.43.